The lowest BCUT2D eigenvalue weighted by molar-refractivity contribution is -0.137. The fraction of sp³-hybridized carbons (Fsp3) is 0.148. The van der Waals surface area contributed by atoms with Crippen molar-refractivity contribution < 1.29 is 14.3 Å². The van der Waals surface area contributed by atoms with Gasteiger partial charge in [0.2, 0.25) is 0 Å². The summed E-state index contributed by atoms with van der Waals surface area (Å²) < 4.78 is 16.6. The number of aryl methyl sites for hydroxylation is 1. The van der Waals surface area contributed by atoms with Crippen molar-refractivity contribution >= 4 is 16.9 Å². The molecule has 1 N–H and O–H groups in total. The molecule has 180 valence electrons. The number of benzene rings is 3. The fourth-order valence-electron chi connectivity index (χ4n) is 4.08. The smallest absolute Gasteiger partial charge is 0.303 e. The predicted molar refractivity (Wildman–Crippen MR) is 133 cm³/mol. The van der Waals surface area contributed by atoms with E-state index in [1.807, 2.05) is 36.5 Å². The van der Waals surface area contributed by atoms with Crippen molar-refractivity contribution in [2.45, 2.75) is 25.7 Å². The van der Waals surface area contributed by atoms with E-state index in [9.17, 15) is 14.0 Å². The molecule has 0 aliphatic carbocycles. The third-order valence-electron chi connectivity index (χ3n) is 5.88. The van der Waals surface area contributed by atoms with Gasteiger partial charge in [-0.3, -0.25) is 14.2 Å². The van der Waals surface area contributed by atoms with Crippen LogP contribution in [0.4, 0.5) is 4.39 Å². The summed E-state index contributed by atoms with van der Waals surface area (Å²) >= 11 is 0. The van der Waals surface area contributed by atoms with E-state index in [-0.39, 0.29) is 12.0 Å². The van der Waals surface area contributed by atoms with Crippen molar-refractivity contribution in [3.8, 4) is 22.6 Å². The van der Waals surface area contributed by atoms with Gasteiger partial charge in [0.1, 0.15) is 17.3 Å². The normalized spacial score (nSPS) is 11.1. The first-order valence-electron chi connectivity index (χ1n) is 11.5. The van der Waals surface area contributed by atoms with E-state index in [0.717, 1.165) is 11.3 Å². The van der Waals surface area contributed by atoms with Gasteiger partial charge < -0.3 is 5.11 Å². The highest BCUT2D eigenvalue weighted by atomic mass is 19.1. The lowest BCUT2D eigenvalue weighted by atomic mass is 10.1. The highest BCUT2D eigenvalue weighted by molar-refractivity contribution is 5.80. The maximum atomic E-state index is 13.5. The molecule has 9 heteroatoms. The van der Waals surface area contributed by atoms with E-state index in [2.05, 4.69) is 10.3 Å². The van der Waals surface area contributed by atoms with Gasteiger partial charge in [-0.05, 0) is 55.3 Å². The lowest BCUT2D eigenvalue weighted by Crippen LogP contribution is -2.24. The zero-order valence-electron chi connectivity index (χ0n) is 19.2. The van der Waals surface area contributed by atoms with Gasteiger partial charge in [-0.15, -0.1) is 5.10 Å². The molecule has 2 heterocycles. The molecule has 0 bridgehead atoms. The Morgan fingerprint density at radius 3 is 2.44 bits per heavy atom. The summed E-state index contributed by atoms with van der Waals surface area (Å²) in [6.07, 6.45) is 3.22. The first-order chi connectivity index (χ1) is 17.5. The summed E-state index contributed by atoms with van der Waals surface area (Å²) in [6.45, 7) is 0. The molecule has 8 nitrogen and oxygen atoms in total. The van der Waals surface area contributed by atoms with Crippen molar-refractivity contribution in [3.05, 3.63) is 101 Å². The van der Waals surface area contributed by atoms with Gasteiger partial charge in [0.05, 0.1) is 28.5 Å². The number of nitrogens with zero attached hydrogens (tertiary/aromatic N) is 5. The van der Waals surface area contributed by atoms with Crippen molar-refractivity contribution in [3.63, 3.8) is 0 Å². The Kier molecular flexibility index (Phi) is 6.36. The Balaban J connectivity index is 1.56. The van der Waals surface area contributed by atoms with E-state index < -0.39 is 11.8 Å². The molecule has 0 fully saturated rings. The molecule has 5 aromatic rings. The quantitative estimate of drug-likeness (QED) is 0.324. The van der Waals surface area contributed by atoms with Crippen LogP contribution in [0.15, 0.2) is 83.8 Å². The largest absolute Gasteiger partial charge is 0.481 e. The molecule has 0 atom stereocenters. The zero-order chi connectivity index (χ0) is 25.1. The number of halogens is 1. The second-order valence-electron chi connectivity index (χ2n) is 8.36. The van der Waals surface area contributed by atoms with Crippen LogP contribution in [0.25, 0.3) is 33.5 Å². The topological polar surface area (TPSA) is 103 Å². The third-order valence-corrected chi connectivity index (χ3v) is 5.88. The van der Waals surface area contributed by atoms with Crippen LogP contribution in [0.1, 0.15) is 25.1 Å². The van der Waals surface area contributed by atoms with Gasteiger partial charge in [0.25, 0.3) is 5.56 Å². The van der Waals surface area contributed by atoms with Gasteiger partial charge in [-0.2, -0.15) is 0 Å². The van der Waals surface area contributed by atoms with Gasteiger partial charge in [0, 0.05) is 18.4 Å². The molecule has 0 saturated heterocycles. The third kappa shape index (κ3) is 4.76. The number of aliphatic carboxylic acids is 1. The standard InChI is InChI=1S/C27H22FN5O3/c28-19-10-12-20(13-11-19)33-25(8-4-5-9-26(34)35)29-23-16-21(14-15-22(23)27(33)36)32-17-24(30-31-32)18-6-2-1-3-7-18/h1-3,6-7,10-17H,4-5,8-9H2,(H,34,35). The Labute approximate surface area is 205 Å². The molecule has 36 heavy (non-hydrogen) atoms. The monoisotopic (exact) mass is 483 g/mol. The Hall–Kier alpha value is -4.66. The average Bonchev–Trinajstić information content (AvgIpc) is 3.38. The number of carbonyl (C=O) groups is 1. The first kappa shape index (κ1) is 23.1. The highest BCUT2D eigenvalue weighted by Crippen LogP contribution is 2.21. The van der Waals surface area contributed by atoms with E-state index in [1.54, 1.807) is 22.9 Å². The van der Waals surface area contributed by atoms with Crippen molar-refractivity contribution in [2.24, 2.45) is 0 Å². The number of carboxylic acid groups (broad SMARTS) is 1. The van der Waals surface area contributed by atoms with Crippen LogP contribution in [0.2, 0.25) is 0 Å². The minimum atomic E-state index is -0.871. The van der Waals surface area contributed by atoms with E-state index in [4.69, 9.17) is 10.1 Å². The maximum absolute atomic E-state index is 13.5. The Morgan fingerprint density at radius 2 is 1.69 bits per heavy atom. The average molecular weight is 484 g/mol. The van der Waals surface area contributed by atoms with E-state index >= 15 is 0 Å². The van der Waals surface area contributed by atoms with Crippen LogP contribution >= 0.6 is 0 Å². The Morgan fingerprint density at radius 1 is 0.944 bits per heavy atom. The summed E-state index contributed by atoms with van der Waals surface area (Å²) in [5, 5.41) is 17.8. The van der Waals surface area contributed by atoms with Gasteiger partial charge in [0.15, 0.2) is 0 Å². The number of fused-ring (bicyclic) bond motifs is 1. The molecule has 2 aromatic heterocycles. The summed E-state index contributed by atoms with van der Waals surface area (Å²) in [6, 6.07) is 20.6. The first-order valence-corrected chi connectivity index (χ1v) is 11.5. The molecule has 5 rings (SSSR count). The molecule has 3 aromatic carbocycles. The van der Waals surface area contributed by atoms with Crippen molar-refractivity contribution in [2.75, 3.05) is 0 Å². The number of hydrogen-bond donors (Lipinski definition) is 1. The molecular weight excluding hydrogens is 461 g/mol. The number of aromatic nitrogens is 5. The molecule has 0 unspecified atom stereocenters. The molecule has 0 radical (unpaired) electrons. The van der Waals surface area contributed by atoms with Crippen molar-refractivity contribution in [1.29, 1.82) is 0 Å². The summed E-state index contributed by atoms with van der Waals surface area (Å²) in [4.78, 5) is 29.2. The molecule has 0 aliphatic rings. The Bertz CT molecular complexity index is 1590. The van der Waals surface area contributed by atoms with Crippen molar-refractivity contribution in [1.82, 2.24) is 24.5 Å². The van der Waals surface area contributed by atoms with E-state index in [0.29, 0.717) is 47.4 Å². The number of unbranched alkanes of at least 4 members (excludes halogenated alkanes) is 1. The molecule has 0 spiro atoms. The van der Waals surface area contributed by atoms with Crippen LogP contribution in [-0.4, -0.2) is 35.6 Å². The van der Waals surface area contributed by atoms with Crippen LogP contribution in [0, 0.1) is 5.82 Å². The van der Waals surface area contributed by atoms with Gasteiger partial charge >= 0.3 is 5.97 Å². The molecule has 0 aliphatic heterocycles. The maximum Gasteiger partial charge on any atom is 0.303 e. The lowest BCUT2D eigenvalue weighted by Gasteiger charge is -2.14. The second kappa shape index (κ2) is 9.91. The molecule has 0 saturated carbocycles. The number of carboxylic acids is 1. The molecular formula is C27H22FN5O3. The fourth-order valence-corrected chi connectivity index (χ4v) is 4.08. The number of hydrogen-bond acceptors (Lipinski definition) is 5. The van der Waals surface area contributed by atoms with Crippen LogP contribution in [0.5, 0.6) is 0 Å². The summed E-state index contributed by atoms with van der Waals surface area (Å²) in [5.41, 5.74) is 3.05. The van der Waals surface area contributed by atoms with Gasteiger partial charge in [-0.1, -0.05) is 35.5 Å². The van der Waals surface area contributed by atoms with Crippen LogP contribution in [0.3, 0.4) is 0 Å². The van der Waals surface area contributed by atoms with Gasteiger partial charge in [-0.25, -0.2) is 14.1 Å². The van der Waals surface area contributed by atoms with E-state index in [1.165, 1.54) is 28.8 Å². The van der Waals surface area contributed by atoms with Crippen LogP contribution < -0.4 is 5.56 Å². The second-order valence-corrected chi connectivity index (χ2v) is 8.36. The highest BCUT2D eigenvalue weighted by Gasteiger charge is 2.15. The predicted octanol–water partition coefficient (Wildman–Crippen LogP) is 4.57. The summed E-state index contributed by atoms with van der Waals surface area (Å²) in [7, 11) is 0. The van der Waals surface area contributed by atoms with Crippen LogP contribution in [-0.2, 0) is 11.2 Å². The number of rotatable bonds is 8. The molecule has 0 amide bonds. The summed E-state index contributed by atoms with van der Waals surface area (Å²) in [5.74, 6) is -0.800. The zero-order valence-corrected chi connectivity index (χ0v) is 19.2. The SMILES string of the molecule is O=C(O)CCCCc1nc2cc(-n3cc(-c4ccccc4)nn3)ccc2c(=O)n1-c1ccc(F)cc1. The minimum Gasteiger partial charge on any atom is -0.481 e. The minimum absolute atomic E-state index is 0.0363.